The predicted molar refractivity (Wildman–Crippen MR) is 74.6 cm³/mol. The van der Waals surface area contributed by atoms with E-state index in [0.717, 1.165) is 45.3 Å². The third kappa shape index (κ3) is 6.16. The van der Waals surface area contributed by atoms with Crippen LogP contribution < -0.4 is 5.32 Å². The second-order valence-corrected chi connectivity index (χ2v) is 7.52. The molecule has 0 radical (unpaired) electrons. The normalized spacial score (nSPS) is 24.2. The lowest BCUT2D eigenvalue weighted by molar-refractivity contribution is 0.186. The maximum absolute atomic E-state index is 11.5. The Morgan fingerprint density at radius 3 is 2.78 bits per heavy atom. The molecule has 1 N–H and O–H groups in total. The van der Waals surface area contributed by atoms with Gasteiger partial charge in [-0.1, -0.05) is 6.92 Å². The molecule has 1 saturated heterocycles. The van der Waals surface area contributed by atoms with Gasteiger partial charge in [0.15, 0.2) is 9.84 Å². The van der Waals surface area contributed by atoms with E-state index >= 15 is 0 Å². The minimum atomic E-state index is -2.74. The molecule has 1 heterocycles. The predicted octanol–water partition coefficient (Wildman–Crippen LogP) is 1.61. The van der Waals surface area contributed by atoms with Gasteiger partial charge in [-0.2, -0.15) is 0 Å². The average Bonchev–Trinajstić information content (AvgIpc) is 2.65. The summed E-state index contributed by atoms with van der Waals surface area (Å²) in [6, 6.07) is 0.443. The van der Waals surface area contributed by atoms with Crippen molar-refractivity contribution in [2.75, 3.05) is 31.8 Å². The second-order valence-electron chi connectivity index (χ2n) is 5.29. The molecule has 0 aromatic carbocycles. The number of nitrogens with one attached hydrogen (secondary N) is 1. The van der Waals surface area contributed by atoms with Crippen LogP contribution in [0.15, 0.2) is 0 Å². The van der Waals surface area contributed by atoms with E-state index in [9.17, 15) is 8.42 Å². The average molecular weight is 277 g/mol. The molecule has 1 fully saturated rings. The topological polar surface area (TPSA) is 55.4 Å². The number of hydrogen-bond donors (Lipinski definition) is 1. The summed E-state index contributed by atoms with van der Waals surface area (Å²) in [4.78, 5) is 0. The molecule has 1 rings (SSSR count). The molecule has 0 aromatic rings. The van der Waals surface area contributed by atoms with Crippen LogP contribution in [0.2, 0.25) is 0 Å². The van der Waals surface area contributed by atoms with Crippen molar-refractivity contribution in [1.29, 1.82) is 0 Å². The Kier molecular flexibility index (Phi) is 7.19. The fourth-order valence-electron chi connectivity index (χ4n) is 2.59. The summed E-state index contributed by atoms with van der Waals surface area (Å²) in [6.45, 7) is 3.95. The van der Waals surface area contributed by atoms with Gasteiger partial charge in [0.2, 0.25) is 0 Å². The van der Waals surface area contributed by atoms with Gasteiger partial charge in [-0.05, 0) is 44.6 Å². The lowest BCUT2D eigenvalue weighted by Gasteiger charge is -2.21. The molecule has 1 aliphatic heterocycles. The minimum absolute atomic E-state index is 0.354. The minimum Gasteiger partial charge on any atom is -0.385 e. The van der Waals surface area contributed by atoms with E-state index in [4.69, 9.17) is 4.74 Å². The molecule has 0 aromatic heterocycles. The van der Waals surface area contributed by atoms with Crippen LogP contribution in [0.25, 0.3) is 0 Å². The van der Waals surface area contributed by atoms with Gasteiger partial charge in [-0.3, -0.25) is 0 Å². The van der Waals surface area contributed by atoms with Crippen LogP contribution >= 0.6 is 0 Å². The van der Waals surface area contributed by atoms with Crippen LogP contribution in [0.1, 0.15) is 39.0 Å². The summed E-state index contributed by atoms with van der Waals surface area (Å²) in [6.07, 6.45) is 5.06. The molecule has 1 aliphatic rings. The zero-order chi connectivity index (χ0) is 13.4. The Bertz CT molecular complexity index is 316. The standard InChI is InChI=1S/C13H27NO3S/c1-3-7-14-13(5-4-8-17-2)10-12-6-9-18(15,16)11-12/h12-14H,3-11H2,1-2H3. The molecule has 5 heteroatoms. The van der Waals surface area contributed by atoms with Crippen LogP contribution in [0, 0.1) is 5.92 Å². The van der Waals surface area contributed by atoms with E-state index in [2.05, 4.69) is 12.2 Å². The molecule has 2 atom stereocenters. The maximum atomic E-state index is 11.5. The highest BCUT2D eigenvalue weighted by Crippen LogP contribution is 2.24. The molecule has 0 bridgehead atoms. The summed E-state index contributed by atoms with van der Waals surface area (Å²) >= 11 is 0. The van der Waals surface area contributed by atoms with E-state index < -0.39 is 9.84 Å². The lowest BCUT2D eigenvalue weighted by Crippen LogP contribution is -2.32. The van der Waals surface area contributed by atoms with Crippen LogP contribution in [0.3, 0.4) is 0 Å². The first-order valence-electron chi connectivity index (χ1n) is 7.00. The van der Waals surface area contributed by atoms with Crippen molar-refractivity contribution in [3.8, 4) is 0 Å². The van der Waals surface area contributed by atoms with Crippen molar-refractivity contribution in [2.24, 2.45) is 5.92 Å². The molecule has 0 amide bonds. The molecule has 0 spiro atoms. The van der Waals surface area contributed by atoms with Crippen LogP contribution in [0.4, 0.5) is 0 Å². The van der Waals surface area contributed by atoms with Gasteiger partial charge in [0, 0.05) is 19.8 Å². The zero-order valence-electron chi connectivity index (χ0n) is 11.7. The third-order valence-electron chi connectivity index (χ3n) is 3.53. The summed E-state index contributed by atoms with van der Waals surface area (Å²) < 4.78 is 28.0. The van der Waals surface area contributed by atoms with Crippen LogP contribution in [-0.4, -0.2) is 46.2 Å². The van der Waals surface area contributed by atoms with Gasteiger partial charge in [0.25, 0.3) is 0 Å². The van der Waals surface area contributed by atoms with E-state index in [-0.39, 0.29) is 0 Å². The quantitative estimate of drug-likeness (QED) is 0.651. The van der Waals surface area contributed by atoms with Crippen molar-refractivity contribution in [3.63, 3.8) is 0 Å². The van der Waals surface area contributed by atoms with Crippen molar-refractivity contribution >= 4 is 9.84 Å². The van der Waals surface area contributed by atoms with Gasteiger partial charge >= 0.3 is 0 Å². The lowest BCUT2D eigenvalue weighted by atomic mass is 9.96. The van der Waals surface area contributed by atoms with Gasteiger partial charge in [-0.15, -0.1) is 0 Å². The first-order valence-corrected chi connectivity index (χ1v) is 8.82. The van der Waals surface area contributed by atoms with Gasteiger partial charge < -0.3 is 10.1 Å². The third-order valence-corrected chi connectivity index (χ3v) is 5.37. The molecule has 4 nitrogen and oxygen atoms in total. The van der Waals surface area contributed by atoms with E-state index in [1.807, 2.05) is 0 Å². The number of rotatable bonds is 9. The molecular formula is C13H27NO3S. The Morgan fingerprint density at radius 1 is 1.44 bits per heavy atom. The Morgan fingerprint density at radius 2 is 2.22 bits per heavy atom. The molecular weight excluding hydrogens is 250 g/mol. The summed E-state index contributed by atoms with van der Waals surface area (Å²) in [7, 11) is -1.02. The first-order chi connectivity index (χ1) is 8.57. The molecule has 18 heavy (non-hydrogen) atoms. The number of ether oxygens (including phenoxy) is 1. The fraction of sp³-hybridized carbons (Fsp3) is 1.00. The van der Waals surface area contributed by atoms with Crippen molar-refractivity contribution in [2.45, 2.75) is 45.1 Å². The highest BCUT2D eigenvalue weighted by atomic mass is 32.2. The molecule has 108 valence electrons. The molecule has 0 aliphatic carbocycles. The Labute approximate surface area is 111 Å². The van der Waals surface area contributed by atoms with Gasteiger partial charge in [0.1, 0.15) is 0 Å². The second kappa shape index (κ2) is 8.12. The zero-order valence-corrected chi connectivity index (χ0v) is 12.5. The SMILES string of the molecule is CCCNC(CCCOC)CC1CCS(=O)(=O)C1. The van der Waals surface area contributed by atoms with Crippen molar-refractivity contribution in [1.82, 2.24) is 5.32 Å². The Balaban J connectivity index is 2.35. The van der Waals surface area contributed by atoms with Crippen molar-refractivity contribution in [3.05, 3.63) is 0 Å². The smallest absolute Gasteiger partial charge is 0.150 e. The van der Waals surface area contributed by atoms with E-state index in [1.54, 1.807) is 7.11 Å². The first kappa shape index (κ1) is 15.9. The summed E-state index contributed by atoms with van der Waals surface area (Å²) in [5, 5.41) is 3.53. The van der Waals surface area contributed by atoms with E-state index in [0.29, 0.717) is 23.5 Å². The number of methoxy groups -OCH3 is 1. The van der Waals surface area contributed by atoms with Gasteiger partial charge in [0.05, 0.1) is 11.5 Å². The number of sulfone groups is 1. The summed E-state index contributed by atoms with van der Waals surface area (Å²) in [5.41, 5.74) is 0. The highest BCUT2D eigenvalue weighted by molar-refractivity contribution is 7.91. The number of hydrogen-bond acceptors (Lipinski definition) is 4. The maximum Gasteiger partial charge on any atom is 0.150 e. The monoisotopic (exact) mass is 277 g/mol. The van der Waals surface area contributed by atoms with Crippen LogP contribution in [0.5, 0.6) is 0 Å². The fourth-order valence-corrected chi connectivity index (χ4v) is 4.47. The van der Waals surface area contributed by atoms with Crippen LogP contribution in [-0.2, 0) is 14.6 Å². The molecule has 2 unspecified atom stereocenters. The largest absolute Gasteiger partial charge is 0.385 e. The van der Waals surface area contributed by atoms with E-state index in [1.165, 1.54) is 0 Å². The van der Waals surface area contributed by atoms with Crippen molar-refractivity contribution < 1.29 is 13.2 Å². The molecule has 0 saturated carbocycles. The highest BCUT2D eigenvalue weighted by Gasteiger charge is 2.29. The summed E-state index contributed by atoms with van der Waals surface area (Å²) in [5.74, 6) is 1.13. The Hall–Kier alpha value is -0.130. The van der Waals surface area contributed by atoms with Gasteiger partial charge in [-0.25, -0.2) is 8.42 Å².